The van der Waals surface area contributed by atoms with Crippen LogP contribution in [-0.4, -0.2) is 49.1 Å². The van der Waals surface area contributed by atoms with Crippen LogP contribution < -0.4 is 5.32 Å². The second kappa shape index (κ2) is 7.73. The summed E-state index contributed by atoms with van der Waals surface area (Å²) < 4.78 is 59.7. The summed E-state index contributed by atoms with van der Waals surface area (Å²) in [6, 6.07) is 0.206. The minimum absolute atomic E-state index is 0.0699. The maximum Gasteiger partial charge on any atom is 0.322 e. The standard InChI is InChI=1S/C19H20BrF4N5O2/c1-10-6-13-11(7-28(10)17(31)26-12-2-5-25-16(20)14(12)21)15-19(23,24)4-3-18(22,9-30)8-29(15)27-13/h2,5,10,30H,3-4,6-9H2,1H3,(H,25,26,31)/t10-,18?/m1/s1. The summed E-state index contributed by atoms with van der Waals surface area (Å²) in [4.78, 5) is 17.9. The van der Waals surface area contributed by atoms with E-state index in [-0.39, 0.29) is 28.8 Å². The van der Waals surface area contributed by atoms with E-state index in [2.05, 4.69) is 31.3 Å². The fourth-order valence-electron chi connectivity index (χ4n) is 4.07. The quantitative estimate of drug-likeness (QED) is 0.481. The normalized spacial score (nSPS) is 24.9. The van der Waals surface area contributed by atoms with Crippen LogP contribution in [0.2, 0.25) is 0 Å². The lowest BCUT2D eigenvalue weighted by Crippen LogP contribution is -2.45. The molecule has 0 radical (unpaired) electrons. The number of hydrogen-bond donors (Lipinski definition) is 2. The second-order valence-electron chi connectivity index (χ2n) is 8.02. The van der Waals surface area contributed by atoms with E-state index in [1.165, 1.54) is 17.2 Å². The predicted octanol–water partition coefficient (Wildman–Crippen LogP) is 3.74. The van der Waals surface area contributed by atoms with Crippen molar-refractivity contribution in [2.75, 3.05) is 11.9 Å². The first kappa shape index (κ1) is 22.0. The molecular weight excluding hydrogens is 486 g/mol. The molecule has 2 aromatic heterocycles. The molecule has 1 unspecified atom stereocenters. The van der Waals surface area contributed by atoms with Gasteiger partial charge in [0.25, 0.3) is 5.92 Å². The number of aliphatic hydroxyl groups is 1. The van der Waals surface area contributed by atoms with Gasteiger partial charge in [0.05, 0.1) is 31.1 Å². The molecule has 0 aromatic carbocycles. The Morgan fingerprint density at radius 3 is 2.84 bits per heavy atom. The van der Waals surface area contributed by atoms with Crippen LogP contribution in [0.5, 0.6) is 0 Å². The number of anilines is 1. The van der Waals surface area contributed by atoms with Crippen LogP contribution >= 0.6 is 15.9 Å². The van der Waals surface area contributed by atoms with Gasteiger partial charge in [-0.15, -0.1) is 0 Å². The van der Waals surface area contributed by atoms with Gasteiger partial charge in [0.1, 0.15) is 10.3 Å². The molecule has 4 heterocycles. The van der Waals surface area contributed by atoms with Crippen LogP contribution in [0.1, 0.15) is 36.7 Å². The average Bonchev–Trinajstić information content (AvgIpc) is 3.01. The van der Waals surface area contributed by atoms with Crippen molar-refractivity contribution in [3.8, 4) is 0 Å². The van der Waals surface area contributed by atoms with E-state index >= 15 is 0 Å². The van der Waals surface area contributed by atoms with E-state index in [1.807, 2.05) is 0 Å². The minimum atomic E-state index is -3.37. The second-order valence-corrected chi connectivity index (χ2v) is 8.77. The topological polar surface area (TPSA) is 83.3 Å². The summed E-state index contributed by atoms with van der Waals surface area (Å²) in [6.07, 6.45) is 0.203. The van der Waals surface area contributed by atoms with Crippen molar-refractivity contribution in [1.82, 2.24) is 19.7 Å². The SMILES string of the molecule is C[C@@H]1Cc2nn3c(c2CN1C(=O)Nc1ccnc(Br)c1F)C(F)(F)CCC(F)(CO)C3. The molecule has 2 aliphatic heterocycles. The number of hydrogen-bond acceptors (Lipinski definition) is 4. The first-order valence-electron chi connectivity index (χ1n) is 9.69. The van der Waals surface area contributed by atoms with Crippen LogP contribution in [0.15, 0.2) is 16.9 Å². The number of amides is 2. The van der Waals surface area contributed by atoms with Gasteiger partial charge in [0.2, 0.25) is 0 Å². The van der Waals surface area contributed by atoms with Gasteiger partial charge in [-0.1, -0.05) is 0 Å². The third-order valence-corrected chi connectivity index (χ3v) is 6.33. The Balaban J connectivity index is 1.66. The van der Waals surface area contributed by atoms with Gasteiger partial charge in [0, 0.05) is 30.6 Å². The lowest BCUT2D eigenvalue weighted by atomic mass is 9.95. The van der Waals surface area contributed by atoms with E-state index in [0.29, 0.717) is 5.69 Å². The lowest BCUT2D eigenvalue weighted by molar-refractivity contribution is -0.0324. The molecule has 2 atom stereocenters. The Morgan fingerprint density at radius 1 is 1.39 bits per heavy atom. The molecular formula is C19H20BrF4N5O2. The van der Waals surface area contributed by atoms with E-state index < -0.39 is 61.2 Å². The highest BCUT2D eigenvalue weighted by Gasteiger charge is 2.48. The third kappa shape index (κ3) is 3.91. The Morgan fingerprint density at radius 2 is 2.13 bits per heavy atom. The number of alkyl halides is 3. The van der Waals surface area contributed by atoms with Gasteiger partial charge in [-0.2, -0.15) is 13.9 Å². The average molecular weight is 506 g/mol. The molecule has 2 aliphatic rings. The van der Waals surface area contributed by atoms with E-state index in [4.69, 9.17) is 0 Å². The van der Waals surface area contributed by atoms with Gasteiger partial charge in [0.15, 0.2) is 11.5 Å². The number of nitrogens with one attached hydrogen (secondary N) is 1. The van der Waals surface area contributed by atoms with Gasteiger partial charge in [-0.25, -0.2) is 18.6 Å². The summed E-state index contributed by atoms with van der Waals surface area (Å²) in [5.41, 5.74) is -2.20. The number of rotatable bonds is 2. The number of aliphatic hydroxyl groups excluding tert-OH is 1. The van der Waals surface area contributed by atoms with Crippen molar-refractivity contribution in [2.24, 2.45) is 0 Å². The molecule has 0 aliphatic carbocycles. The maximum absolute atomic E-state index is 14.9. The zero-order valence-corrected chi connectivity index (χ0v) is 18.1. The molecule has 12 heteroatoms. The lowest BCUT2D eigenvalue weighted by Gasteiger charge is -2.33. The number of carbonyl (C=O) groups excluding carboxylic acids is 1. The van der Waals surface area contributed by atoms with Crippen molar-refractivity contribution < 1.29 is 27.5 Å². The summed E-state index contributed by atoms with van der Waals surface area (Å²) >= 11 is 2.94. The van der Waals surface area contributed by atoms with Gasteiger partial charge in [-0.05, 0) is 35.3 Å². The van der Waals surface area contributed by atoms with Crippen LogP contribution in [0.4, 0.5) is 28.0 Å². The molecule has 7 nitrogen and oxygen atoms in total. The van der Waals surface area contributed by atoms with Crippen molar-refractivity contribution in [1.29, 1.82) is 0 Å². The van der Waals surface area contributed by atoms with Crippen LogP contribution in [0.25, 0.3) is 0 Å². The number of fused-ring (bicyclic) bond motifs is 3. The molecule has 4 rings (SSSR count). The summed E-state index contributed by atoms with van der Waals surface area (Å²) in [5.74, 6) is -4.12. The fraction of sp³-hybridized carbons (Fsp3) is 0.526. The summed E-state index contributed by atoms with van der Waals surface area (Å²) in [6.45, 7) is 0.167. The molecule has 2 N–H and O–H groups in total. The molecule has 0 saturated carbocycles. The number of carbonyl (C=O) groups is 1. The number of aromatic nitrogens is 3. The molecule has 2 aromatic rings. The zero-order chi connectivity index (χ0) is 22.6. The molecule has 0 saturated heterocycles. The van der Waals surface area contributed by atoms with E-state index in [0.717, 1.165) is 4.68 Å². The molecule has 168 valence electrons. The minimum Gasteiger partial charge on any atom is -0.393 e. The third-order valence-electron chi connectivity index (χ3n) is 5.78. The highest BCUT2D eigenvalue weighted by Crippen LogP contribution is 2.44. The first-order valence-corrected chi connectivity index (χ1v) is 10.5. The molecule has 0 fully saturated rings. The smallest absolute Gasteiger partial charge is 0.322 e. The summed E-state index contributed by atoms with van der Waals surface area (Å²) in [7, 11) is 0. The van der Waals surface area contributed by atoms with Crippen molar-refractivity contribution >= 4 is 27.6 Å². The highest BCUT2D eigenvalue weighted by atomic mass is 79.9. The van der Waals surface area contributed by atoms with Crippen LogP contribution in [0.3, 0.4) is 0 Å². The maximum atomic E-state index is 14.9. The van der Waals surface area contributed by atoms with Gasteiger partial charge in [-0.3, -0.25) is 4.68 Å². The number of halogens is 5. The Labute approximate surface area is 183 Å². The monoisotopic (exact) mass is 505 g/mol. The molecule has 0 bridgehead atoms. The Hall–Kier alpha value is -2.21. The number of pyridine rings is 1. The predicted molar refractivity (Wildman–Crippen MR) is 106 cm³/mol. The molecule has 0 spiro atoms. The highest BCUT2D eigenvalue weighted by molar-refractivity contribution is 9.10. The van der Waals surface area contributed by atoms with E-state index in [9.17, 15) is 27.5 Å². The van der Waals surface area contributed by atoms with Crippen molar-refractivity contribution in [3.05, 3.63) is 39.6 Å². The first-order chi connectivity index (χ1) is 14.5. The summed E-state index contributed by atoms with van der Waals surface area (Å²) in [5, 5.41) is 16.0. The van der Waals surface area contributed by atoms with E-state index in [1.54, 1.807) is 6.92 Å². The Kier molecular flexibility index (Phi) is 5.49. The molecule has 31 heavy (non-hydrogen) atoms. The van der Waals surface area contributed by atoms with Crippen LogP contribution in [-0.2, 0) is 25.4 Å². The fourth-order valence-corrected chi connectivity index (χ4v) is 4.40. The largest absolute Gasteiger partial charge is 0.393 e. The van der Waals surface area contributed by atoms with Crippen LogP contribution in [0, 0.1) is 5.82 Å². The van der Waals surface area contributed by atoms with Gasteiger partial charge < -0.3 is 15.3 Å². The zero-order valence-electron chi connectivity index (χ0n) is 16.5. The number of nitrogens with zero attached hydrogens (tertiary/aromatic N) is 4. The van der Waals surface area contributed by atoms with Crippen molar-refractivity contribution in [2.45, 2.75) is 56.9 Å². The van der Waals surface area contributed by atoms with Crippen molar-refractivity contribution in [3.63, 3.8) is 0 Å². The number of urea groups is 1. The Bertz CT molecular complexity index is 1030. The van der Waals surface area contributed by atoms with Gasteiger partial charge >= 0.3 is 6.03 Å². The molecule has 2 amide bonds.